The van der Waals surface area contributed by atoms with Crippen molar-refractivity contribution in [3.63, 3.8) is 0 Å². The molecule has 2 aliphatic heterocycles. The normalized spacial score (nSPS) is 16.5. The molecular formula is C19H11F3N2O2. The Morgan fingerprint density at radius 1 is 1.00 bits per heavy atom. The molecule has 0 saturated heterocycles. The lowest BCUT2D eigenvalue weighted by Crippen LogP contribution is -2.25. The van der Waals surface area contributed by atoms with Crippen LogP contribution in [0.5, 0.6) is 11.5 Å². The predicted molar refractivity (Wildman–Crippen MR) is 87.7 cm³/mol. The van der Waals surface area contributed by atoms with E-state index in [1.54, 1.807) is 12.1 Å². The second kappa shape index (κ2) is 5.14. The number of benzene rings is 2. The van der Waals surface area contributed by atoms with Gasteiger partial charge in [0.05, 0.1) is 23.6 Å². The Hall–Kier alpha value is -3.22. The van der Waals surface area contributed by atoms with Gasteiger partial charge in [-0.1, -0.05) is 6.07 Å². The fraction of sp³-hybridized carbons (Fsp3) is 0.105. The summed E-state index contributed by atoms with van der Waals surface area (Å²) in [5.74, 6) is -0.420. The summed E-state index contributed by atoms with van der Waals surface area (Å²) in [5, 5.41) is 0. The van der Waals surface area contributed by atoms with Crippen molar-refractivity contribution in [2.75, 3.05) is 0 Å². The number of halogens is 3. The van der Waals surface area contributed by atoms with Crippen LogP contribution >= 0.6 is 0 Å². The number of hydrogen-bond acceptors (Lipinski definition) is 3. The second-order valence-corrected chi connectivity index (χ2v) is 5.99. The van der Waals surface area contributed by atoms with Gasteiger partial charge < -0.3 is 14.0 Å². The van der Waals surface area contributed by atoms with Gasteiger partial charge in [0.1, 0.15) is 5.82 Å². The Labute approximate surface area is 146 Å². The lowest BCUT2D eigenvalue weighted by molar-refractivity contribution is -0.286. The highest BCUT2D eigenvalue weighted by Crippen LogP contribution is 2.41. The molecule has 26 heavy (non-hydrogen) atoms. The first-order valence-corrected chi connectivity index (χ1v) is 7.92. The minimum atomic E-state index is -3.67. The molecule has 2 aliphatic rings. The SMILES string of the molecule is Fc1cccc2c1CN=C(c1ccc3c(c1)OC(F)(F)O3)c1cccn1-2. The highest BCUT2D eigenvalue weighted by atomic mass is 19.3. The molecule has 5 rings (SSSR count). The van der Waals surface area contributed by atoms with Gasteiger partial charge in [-0.05, 0) is 42.5 Å². The number of hydrogen-bond donors (Lipinski definition) is 0. The number of ether oxygens (including phenoxy) is 2. The standard InChI is InChI=1S/C19H11F3N2O2/c20-13-3-1-4-14-12(13)10-23-18(15-5-2-8-24(14)15)11-6-7-16-17(9-11)26-19(21,22)25-16/h1-9H,10H2. The molecule has 0 amide bonds. The number of nitrogens with zero attached hydrogens (tertiary/aromatic N) is 2. The van der Waals surface area contributed by atoms with Crippen LogP contribution in [0.15, 0.2) is 59.7 Å². The van der Waals surface area contributed by atoms with Crippen molar-refractivity contribution in [1.82, 2.24) is 4.57 Å². The zero-order chi connectivity index (χ0) is 17.9. The molecule has 1 aromatic heterocycles. The number of fused-ring (bicyclic) bond motifs is 4. The minimum Gasteiger partial charge on any atom is -0.395 e. The number of alkyl halides is 2. The van der Waals surface area contributed by atoms with E-state index in [1.165, 1.54) is 18.2 Å². The monoisotopic (exact) mass is 356 g/mol. The van der Waals surface area contributed by atoms with Crippen LogP contribution in [0.4, 0.5) is 13.2 Å². The number of aliphatic imine (C=N–C) groups is 1. The summed E-state index contributed by atoms with van der Waals surface area (Å²) in [4.78, 5) is 4.54. The van der Waals surface area contributed by atoms with Crippen molar-refractivity contribution in [2.24, 2.45) is 4.99 Å². The van der Waals surface area contributed by atoms with Gasteiger partial charge in [-0.3, -0.25) is 4.99 Å². The van der Waals surface area contributed by atoms with Gasteiger partial charge in [-0.15, -0.1) is 8.78 Å². The average molecular weight is 356 g/mol. The summed E-state index contributed by atoms with van der Waals surface area (Å²) in [6, 6.07) is 13.0. The van der Waals surface area contributed by atoms with Crippen LogP contribution in [0.3, 0.4) is 0 Å². The van der Waals surface area contributed by atoms with Gasteiger partial charge in [0.2, 0.25) is 0 Å². The molecule has 3 heterocycles. The Balaban J connectivity index is 1.65. The third-order valence-corrected chi connectivity index (χ3v) is 4.42. The highest BCUT2D eigenvalue weighted by molar-refractivity contribution is 6.13. The van der Waals surface area contributed by atoms with Crippen LogP contribution < -0.4 is 9.47 Å². The molecule has 2 aromatic carbocycles. The summed E-state index contributed by atoms with van der Waals surface area (Å²) in [6.07, 6.45) is -1.86. The molecule has 3 aromatic rings. The molecule has 0 unspecified atom stereocenters. The molecule has 0 spiro atoms. The minimum absolute atomic E-state index is 0.0299. The van der Waals surface area contributed by atoms with E-state index in [4.69, 9.17) is 0 Å². The quantitative estimate of drug-likeness (QED) is 0.652. The molecule has 4 nitrogen and oxygen atoms in total. The molecule has 0 atom stereocenters. The van der Waals surface area contributed by atoms with Gasteiger partial charge in [0, 0.05) is 17.3 Å². The van der Waals surface area contributed by atoms with Gasteiger partial charge >= 0.3 is 6.29 Å². The van der Waals surface area contributed by atoms with Crippen LogP contribution in [-0.2, 0) is 6.54 Å². The maximum Gasteiger partial charge on any atom is 0.586 e. The maximum absolute atomic E-state index is 14.2. The molecule has 0 aliphatic carbocycles. The van der Waals surface area contributed by atoms with E-state index < -0.39 is 6.29 Å². The maximum atomic E-state index is 14.2. The van der Waals surface area contributed by atoms with Crippen molar-refractivity contribution >= 4 is 5.71 Å². The number of aromatic nitrogens is 1. The van der Waals surface area contributed by atoms with Crippen LogP contribution in [-0.4, -0.2) is 16.6 Å². The molecular weight excluding hydrogens is 345 g/mol. The van der Waals surface area contributed by atoms with Crippen LogP contribution in [0, 0.1) is 5.82 Å². The lowest BCUT2D eigenvalue weighted by atomic mass is 10.1. The molecule has 7 heteroatoms. The van der Waals surface area contributed by atoms with Gasteiger partial charge in [-0.25, -0.2) is 4.39 Å². The molecule has 0 N–H and O–H groups in total. The first-order chi connectivity index (χ1) is 12.5. The summed E-state index contributed by atoms with van der Waals surface area (Å²) in [7, 11) is 0. The Kier molecular flexibility index (Phi) is 2.98. The van der Waals surface area contributed by atoms with Gasteiger partial charge in [-0.2, -0.15) is 0 Å². The van der Waals surface area contributed by atoms with Crippen molar-refractivity contribution in [3.05, 3.63) is 77.4 Å². The van der Waals surface area contributed by atoms with Crippen molar-refractivity contribution in [2.45, 2.75) is 12.8 Å². The van der Waals surface area contributed by atoms with E-state index in [9.17, 15) is 13.2 Å². The topological polar surface area (TPSA) is 35.8 Å². The highest BCUT2D eigenvalue weighted by Gasteiger charge is 2.43. The third-order valence-electron chi connectivity index (χ3n) is 4.42. The van der Waals surface area contributed by atoms with E-state index >= 15 is 0 Å². The zero-order valence-corrected chi connectivity index (χ0v) is 13.2. The largest absolute Gasteiger partial charge is 0.586 e. The van der Waals surface area contributed by atoms with Gasteiger partial charge in [0.15, 0.2) is 11.5 Å². The molecule has 0 radical (unpaired) electrons. The van der Waals surface area contributed by atoms with Crippen LogP contribution in [0.25, 0.3) is 5.69 Å². The summed E-state index contributed by atoms with van der Waals surface area (Å²) < 4.78 is 51.6. The third kappa shape index (κ3) is 2.20. The molecule has 0 saturated carbocycles. The van der Waals surface area contributed by atoms with Crippen molar-refractivity contribution in [1.29, 1.82) is 0 Å². The fourth-order valence-electron chi connectivity index (χ4n) is 3.29. The van der Waals surface area contributed by atoms with E-state index in [-0.39, 0.29) is 23.9 Å². The summed E-state index contributed by atoms with van der Waals surface area (Å²) >= 11 is 0. The zero-order valence-electron chi connectivity index (χ0n) is 13.2. The average Bonchev–Trinajstić information content (AvgIpc) is 3.14. The lowest BCUT2D eigenvalue weighted by Gasteiger charge is -2.11. The van der Waals surface area contributed by atoms with E-state index in [0.717, 1.165) is 5.69 Å². The first kappa shape index (κ1) is 15.1. The predicted octanol–water partition coefficient (Wildman–Crippen LogP) is 4.29. The molecule has 0 fully saturated rings. The second-order valence-electron chi connectivity index (χ2n) is 5.99. The van der Waals surface area contributed by atoms with E-state index in [1.807, 2.05) is 29.0 Å². The van der Waals surface area contributed by atoms with Crippen LogP contribution in [0.2, 0.25) is 0 Å². The Morgan fingerprint density at radius 2 is 1.85 bits per heavy atom. The van der Waals surface area contributed by atoms with Crippen molar-refractivity contribution < 1.29 is 22.6 Å². The smallest absolute Gasteiger partial charge is 0.395 e. The number of rotatable bonds is 1. The Bertz CT molecular complexity index is 1070. The molecule has 0 bridgehead atoms. The Morgan fingerprint density at radius 3 is 2.73 bits per heavy atom. The summed E-state index contributed by atoms with van der Waals surface area (Å²) in [5.41, 5.74) is 3.06. The fourth-order valence-corrected chi connectivity index (χ4v) is 3.29. The van der Waals surface area contributed by atoms with Crippen molar-refractivity contribution in [3.8, 4) is 17.2 Å². The molecule has 130 valence electrons. The van der Waals surface area contributed by atoms with E-state index in [2.05, 4.69) is 14.5 Å². The van der Waals surface area contributed by atoms with Gasteiger partial charge in [0.25, 0.3) is 0 Å². The van der Waals surface area contributed by atoms with Crippen LogP contribution in [0.1, 0.15) is 16.8 Å². The first-order valence-electron chi connectivity index (χ1n) is 7.92. The van der Waals surface area contributed by atoms with E-state index in [0.29, 0.717) is 22.5 Å². The summed E-state index contributed by atoms with van der Waals surface area (Å²) in [6.45, 7) is 0.142.